The van der Waals surface area contributed by atoms with E-state index < -0.39 is 39.2 Å². The van der Waals surface area contributed by atoms with Crippen molar-refractivity contribution in [3.05, 3.63) is 53.1 Å². The first kappa shape index (κ1) is 21.8. The van der Waals surface area contributed by atoms with Gasteiger partial charge in [-0.25, -0.2) is 8.42 Å². The van der Waals surface area contributed by atoms with E-state index in [1.807, 2.05) is 0 Å². The van der Waals surface area contributed by atoms with Crippen molar-refractivity contribution in [2.75, 3.05) is 29.5 Å². The third-order valence-corrected chi connectivity index (χ3v) is 5.05. The molecule has 1 N–H and O–H groups in total. The number of amides is 1. The van der Waals surface area contributed by atoms with Crippen molar-refractivity contribution in [2.45, 2.75) is 6.18 Å². The van der Waals surface area contributed by atoms with Crippen molar-refractivity contribution in [1.29, 1.82) is 0 Å². The van der Waals surface area contributed by atoms with E-state index in [9.17, 15) is 26.4 Å². The molecule has 1 amide bonds. The number of halogens is 4. The quantitative estimate of drug-likeness (QED) is 0.748. The Morgan fingerprint density at radius 2 is 1.89 bits per heavy atom. The molecule has 2 rings (SSSR count). The van der Waals surface area contributed by atoms with E-state index in [0.717, 1.165) is 16.6 Å². The molecule has 0 atom stereocenters. The van der Waals surface area contributed by atoms with Gasteiger partial charge in [0.2, 0.25) is 15.9 Å². The summed E-state index contributed by atoms with van der Waals surface area (Å²) < 4.78 is 68.8. The summed E-state index contributed by atoms with van der Waals surface area (Å²) in [5.41, 5.74) is -1.11. The summed E-state index contributed by atoms with van der Waals surface area (Å²) in [7, 11) is -2.45. The van der Waals surface area contributed by atoms with Crippen molar-refractivity contribution in [3.63, 3.8) is 0 Å². The minimum Gasteiger partial charge on any atom is -0.497 e. The number of carbonyl (C=O) groups is 1. The molecule has 2 aromatic carbocycles. The van der Waals surface area contributed by atoms with E-state index in [2.05, 4.69) is 5.32 Å². The molecule has 0 bridgehead atoms. The number of nitrogens with zero attached hydrogens (tertiary/aromatic N) is 1. The van der Waals surface area contributed by atoms with Crippen LogP contribution < -0.4 is 14.4 Å². The van der Waals surface area contributed by atoms with Crippen LogP contribution in [0.25, 0.3) is 0 Å². The van der Waals surface area contributed by atoms with Gasteiger partial charge in [0.05, 0.1) is 29.6 Å². The summed E-state index contributed by atoms with van der Waals surface area (Å²) in [6.45, 7) is -0.643. The summed E-state index contributed by atoms with van der Waals surface area (Å²) in [5.74, 6) is -0.456. The number of nitrogens with one attached hydrogen (secondary N) is 1. The Morgan fingerprint density at radius 1 is 1.21 bits per heavy atom. The molecule has 0 aliphatic heterocycles. The molecule has 0 saturated heterocycles. The zero-order chi connectivity index (χ0) is 21.1. The minimum atomic E-state index is -4.70. The first-order chi connectivity index (χ1) is 12.9. The molecule has 0 fully saturated rings. The van der Waals surface area contributed by atoms with Gasteiger partial charge in [-0.3, -0.25) is 9.10 Å². The third kappa shape index (κ3) is 5.52. The number of ether oxygens (including phenoxy) is 1. The predicted octanol–water partition coefficient (Wildman–Crippen LogP) is 3.77. The maximum absolute atomic E-state index is 12.9. The van der Waals surface area contributed by atoms with E-state index in [-0.39, 0.29) is 11.4 Å². The second kappa shape index (κ2) is 8.27. The molecule has 0 aliphatic rings. The van der Waals surface area contributed by atoms with Crippen LogP contribution in [0.4, 0.5) is 24.5 Å². The summed E-state index contributed by atoms with van der Waals surface area (Å²) in [4.78, 5) is 12.3. The van der Waals surface area contributed by atoms with Crippen LogP contribution in [0.15, 0.2) is 42.5 Å². The van der Waals surface area contributed by atoms with E-state index in [1.165, 1.54) is 25.3 Å². The van der Waals surface area contributed by atoms with Crippen LogP contribution in [-0.4, -0.2) is 34.2 Å². The van der Waals surface area contributed by atoms with Gasteiger partial charge in [0.15, 0.2) is 0 Å². The average Bonchev–Trinajstić information content (AvgIpc) is 2.59. The van der Waals surface area contributed by atoms with Crippen molar-refractivity contribution in [2.24, 2.45) is 0 Å². The number of rotatable bonds is 6. The lowest BCUT2D eigenvalue weighted by Gasteiger charge is -2.22. The van der Waals surface area contributed by atoms with E-state index in [4.69, 9.17) is 16.3 Å². The summed E-state index contributed by atoms with van der Waals surface area (Å²) in [5, 5.41) is 1.73. The first-order valence-corrected chi connectivity index (χ1v) is 9.93. The predicted molar refractivity (Wildman–Crippen MR) is 100 cm³/mol. The van der Waals surface area contributed by atoms with E-state index >= 15 is 0 Å². The van der Waals surface area contributed by atoms with Gasteiger partial charge in [0, 0.05) is 11.8 Å². The fourth-order valence-electron chi connectivity index (χ4n) is 2.32. The number of benzene rings is 2. The van der Waals surface area contributed by atoms with Crippen molar-refractivity contribution in [3.8, 4) is 5.75 Å². The van der Waals surface area contributed by atoms with Crippen molar-refractivity contribution in [1.82, 2.24) is 0 Å². The molecule has 0 spiro atoms. The highest BCUT2D eigenvalue weighted by Crippen LogP contribution is 2.36. The van der Waals surface area contributed by atoms with Gasteiger partial charge in [0.1, 0.15) is 12.3 Å². The Bertz CT molecular complexity index is 981. The number of sulfonamides is 1. The molecule has 0 radical (unpaired) electrons. The molecule has 28 heavy (non-hydrogen) atoms. The standard InChI is InChI=1S/C17H16ClF3N2O4S/c1-27-13-5-3-4-12(9-13)23(28(2,25)26)10-16(24)22-11-6-7-15(18)14(8-11)17(19,20)21/h3-9H,10H2,1-2H3,(H,22,24). The van der Waals surface area contributed by atoms with Gasteiger partial charge in [0.25, 0.3) is 0 Å². The largest absolute Gasteiger partial charge is 0.497 e. The minimum absolute atomic E-state index is 0.166. The first-order valence-electron chi connectivity index (χ1n) is 7.70. The summed E-state index contributed by atoms with van der Waals surface area (Å²) >= 11 is 5.54. The van der Waals surface area contributed by atoms with E-state index in [0.29, 0.717) is 11.8 Å². The fraction of sp³-hybridized carbons (Fsp3) is 0.235. The van der Waals surface area contributed by atoms with Crippen molar-refractivity contribution < 1.29 is 31.1 Å². The molecule has 152 valence electrons. The topological polar surface area (TPSA) is 75.7 Å². The van der Waals surface area contributed by atoms with E-state index in [1.54, 1.807) is 12.1 Å². The highest BCUT2D eigenvalue weighted by Gasteiger charge is 2.33. The lowest BCUT2D eigenvalue weighted by Crippen LogP contribution is -2.37. The second-order valence-corrected chi connectivity index (χ2v) is 8.03. The van der Waals surface area contributed by atoms with Crippen LogP contribution in [0.1, 0.15) is 5.56 Å². The molecule has 0 heterocycles. The van der Waals surface area contributed by atoms with Gasteiger partial charge in [-0.2, -0.15) is 13.2 Å². The number of carbonyl (C=O) groups excluding carboxylic acids is 1. The summed E-state index contributed by atoms with van der Waals surface area (Å²) in [6.07, 6.45) is -3.79. The van der Waals surface area contributed by atoms with Gasteiger partial charge >= 0.3 is 6.18 Å². The normalized spacial score (nSPS) is 11.8. The molecule has 0 unspecified atom stereocenters. The molecule has 11 heteroatoms. The van der Waals surface area contributed by atoms with Crippen LogP contribution in [0.5, 0.6) is 5.75 Å². The smallest absolute Gasteiger partial charge is 0.417 e. The highest BCUT2D eigenvalue weighted by molar-refractivity contribution is 7.92. The van der Waals surface area contributed by atoms with Crippen LogP contribution in [0.3, 0.4) is 0 Å². The number of alkyl halides is 3. The Balaban J connectivity index is 2.26. The number of anilines is 2. The molecule has 0 saturated carbocycles. The molecular formula is C17H16ClF3N2O4S. The lowest BCUT2D eigenvalue weighted by atomic mass is 10.2. The van der Waals surface area contributed by atoms with Crippen LogP contribution in [-0.2, 0) is 21.0 Å². The third-order valence-electron chi connectivity index (χ3n) is 3.58. The zero-order valence-electron chi connectivity index (χ0n) is 14.7. The fourth-order valence-corrected chi connectivity index (χ4v) is 3.39. The Labute approximate surface area is 164 Å². The SMILES string of the molecule is COc1cccc(N(CC(=O)Nc2ccc(Cl)c(C(F)(F)F)c2)S(C)(=O)=O)c1. The van der Waals surface area contributed by atoms with Crippen LogP contribution in [0.2, 0.25) is 5.02 Å². The maximum Gasteiger partial charge on any atom is 0.417 e. The number of hydrogen-bond acceptors (Lipinski definition) is 4. The Kier molecular flexibility index (Phi) is 6.45. The maximum atomic E-state index is 12.9. The number of methoxy groups -OCH3 is 1. The summed E-state index contributed by atoms with van der Waals surface area (Å²) in [6, 6.07) is 8.87. The lowest BCUT2D eigenvalue weighted by molar-refractivity contribution is -0.137. The molecular weight excluding hydrogens is 421 g/mol. The molecule has 0 aliphatic carbocycles. The monoisotopic (exact) mass is 436 g/mol. The molecule has 2 aromatic rings. The van der Waals surface area contributed by atoms with Crippen molar-refractivity contribution >= 4 is 38.9 Å². The van der Waals surface area contributed by atoms with Crippen LogP contribution in [0, 0.1) is 0 Å². The Morgan fingerprint density at radius 3 is 2.46 bits per heavy atom. The van der Waals surface area contributed by atoms with Gasteiger partial charge < -0.3 is 10.1 Å². The van der Waals surface area contributed by atoms with Crippen LogP contribution >= 0.6 is 11.6 Å². The van der Waals surface area contributed by atoms with Gasteiger partial charge in [-0.15, -0.1) is 0 Å². The second-order valence-electron chi connectivity index (χ2n) is 5.71. The highest BCUT2D eigenvalue weighted by atomic mass is 35.5. The molecule has 0 aromatic heterocycles. The van der Waals surface area contributed by atoms with Gasteiger partial charge in [-0.1, -0.05) is 17.7 Å². The average molecular weight is 437 g/mol. The molecule has 6 nitrogen and oxygen atoms in total. The number of hydrogen-bond donors (Lipinski definition) is 1. The zero-order valence-corrected chi connectivity index (χ0v) is 16.3. The Hall–Kier alpha value is -2.46. The van der Waals surface area contributed by atoms with Gasteiger partial charge in [-0.05, 0) is 30.3 Å².